The molecule has 29 heavy (non-hydrogen) atoms. The molecule has 162 valence electrons. The van der Waals surface area contributed by atoms with E-state index >= 15 is 0 Å². The first kappa shape index (κ1) is 20.8. The van der Waals surface area contributed by atoms with Gasteiger partial charge in [0.25, 0.3) is 0 Å². The molecule has 0 aliphatic carbocycles. The molecule has 7 nitrogen and oxygen atoms in total. The van der Waals surface area contributed by atoms with Crippen molar-refractivity contribution in [3.63, 3.8) is 0 Å². The van der Waals surface area contributed by atoms with E-state index < -0.39 is 0 Å². The SMILES string of the molecule is NCCC1C(Nc2nccc(N3CCCCCC3)n2)CCCN1C1CCOCC1. The quantitative estimate of drug-likeness (QED) is 0.757. The topological polar surface area (TPSA) is 79.5 Å². The van der Waals surface area contributed by atoms with Gasteiger partial charge in [-0.3, -0.25) is 4.90 Å². The average molecular weight is 403 g/mol. The van der Waals surface area contributed by atoms with Gasteiger partial charge in [0.05, 0.1) is 0 Å². The highest BCUT2D eigenvalue weighted by molar-refractivity contribution is 5.43. The molecule has 1 aromatic heterocycles. The Balaban J connectivity index is 1.45. The fourth-order valence-corrected chi connectivity index (χ4v) is 5.32. The molecule has 0 aromatic carbocycles. The smallest absolute Gasteiger partial charge is 0.224 e. The third kappa shape index (κ3) is 5.38. The Labute approximate surface area is 175 Å². The van der Waals surface area contributed by atoms with Crippen LogP contribution in [0.2, 0.25) is 0 Å². The van der Waals surface area contributed by atoms with Gasteiger partial charge in [-0.15, -0.1) is 0 Å². The van der Waals surface area contributed by atoms with Gasteiger partial charge < -0.3 is 20.7 Å². The Hall–Kier alpha value is -1.44. The minimum Gasteiger partial charge on any atom is -0.381 e. The Morgan fingerprint density at radius 3 is 2.59 bits per heavy atom. The normalized spacial score (nSPS) is 27.6. The second-order valence-electron chi connectivity index (χ2n) is 8.76. The largest absolute Gasteiger partial charge is 0.381 e. The highest BCUT2D eigenvalue weighted by Gasteiger charge is 2.35. The van der Waals surface area contributed by atoms with Crippen LogP contribution >= 0.6 is 0 Å². The Bertz CT molecular complexity index is 615. The summed E-state index contributed by atoms with van der Waals surface area (Å²) in [6, 6.07) is 3.48. The minimum atomic E-state index is 0.356. The lowest BCUT2D eigenvalue weighted by atomic mass is 9.90. The van der Waals surface area contributed by atoms with Crippen molar-refractivity contribution in [2.45, 2.75) is 75.9 Å². The summed E-state index contributed by atoms with van der Waals surface area (Å²) in [5.74, 6) is 1.84. The zero-order valence-corrected chi connectivity index (χ0v) is 17.8. The molecule has 0 amide bonds. The molecule has 3 aliphatic heterocycles. The molecular weight excluding hydrogens is 364 g/mol. The summed E-state index contributed by atoms with van der Waals surface area (Å²) in [5.41, 5.74) is 6.03. The van der Waals surface area contributed by atoms with Gasteiger partial charge in [-0.1, -0.05) is 12.8 Å². The fraction of sp³-hybridized carbons (Fsp3) is 0.818. The van der Waals surface area contributed by atoms with E-state index in [0.717, 1.165) is 70.3 Å². The van der Waals surface area contributed by atoms with Crippen molar-refractivity contribution in [1.29, 1.82) is 0 Å². The van der Waals surface area contributed by atoms with Crippen molar-refractivity contribution in [1.82, 2.24) is 14.9 Å². The number of piperidine rings is 1. The highest BCUT2D eigenvalue weighted by Crippen LogP contribution is 2.28. The summed E-state index contributed by atoms with van der Waals surface area (Å²) in [7, 11) is 0. The third-order valence-corrected chi connectivity index (χ3v) is 6.83. The van der Waals surface area contributed by atoms with Crippen molar-refractivity contribution in [2.24, 2.45) is 5.73 Å². The zero-order chi connectivity index (χ0) is 19.9. The Morgan fingerprint density at radius 1 is 1.03 bits per heavy atom. The van der Waals surface area contributed by atoms with Crippen LogP contribution in [0.25, 0.3) is 0 Å². The van der Waals surface area contributed by atoms with Crippen molar-refractivity contribution >= 4 is 11.8 Å². The standard InChI is InChI=1S/C22H38N6O/c23-11-7-20-19(6-5-15-28(20)18-9-16-29-17-10-18)25-22-24-12-8-21(26-22)27-13-3-1-2-4-14-27/h8,12,18-20H,1-7,9-11,13-17,23H2,(H,24,25,26). The summed E-state index contributed by atoms with van der Waals surface area (Å²) >= 11 is 0. The van der Waals surface area contributed by atoms with Crippen LogP contribution in [0.5, 0.6) is 0 Å². The van der Waals surface area contributed by atoms with Crippen LogP contribution in [0.1, 0.15) is 57.8 Å². The summed E-state index contributed by atoms with van der Waals surface area (Å²) in [6.07, 6.45) is 12.7. The second kappa shape index (κ2) is 10.5. The zero-order valence-electron chi connectivity index (χ0n) is 17.8. The van der Waals surface area contributed by atoms with Gasteiger partial charge in [0, 0.05) is 50.6 Å². The first-order chi connectivity index (χ1) is 14.3. The van der Waals surface area contributed by atoms with Crippen LogP contribution in [-0.2, 0) is 4.74 Å². The molecule has 4 rings (SSSR count). The van der Waals surface area contributed by atoms with E-state index in [1.165, 1.54) is 38.6 Å². The first-order valence-electron chi connectivity index (χ1n) is 11.7. The van der Waals surface area contributed by atoms with Crippen LogP contribution in [0.3, 0.4) is 0 Å². The van der Waals surface area contributed by atoms with Gasteiger partial charge in [0.2, 0.25) is 5.95 Å². The molecule has 3 saturated heterocycles. The maximum absolute atomic E-state index is 6.03. The van der Waals surface area contributed by atoms with Crippen molar-refractivity contribution in [2.75, 3.05) is 49.6 Å². The first-order valence-corrected chi connectivity index (χ1v) is 11.7. The Kier molecular flexibility index (Phi) is 7.57. The molecule has 0 radical (unpaired) electrons. The lowest BCUT2D eigenvalue weighted by Crippen LogP contribution is -2.56. The lowest BCUT2D eigenvalue weighted by molar-refractivity contribution is -0.00000704. The van der Waals surface area contributed by atoms with E-state index in [-0.39, 0.29) is 0 Å². The van der Waals surface area contributed by atoms with Crippen LogP contribution in [0.4, 0.5) is 11.8 Å². The molecule has 2 unspecified atom stereocenters. The molecule has 3 fully saturated rings. The lowest BCUT2D eigenvalue weighted by Gasteiger charge is -2.46. The number of anilines is 2. The summed E-state index contributed by atoms with van der Waals surface area (Å²) in [4.78, 5) is 14.6. The molecule has 3 aliphatic rings. The van der Waals surface area contributed by atoms with Gasteiger partial charge in [-0.05, 0) is 64.1 Å². The number of hydrogen-bond donors (Lipinski definition) is 2. The molecule has 4 heterocycles. The van der Waals surface area contributed by atoms with Crippen molar-refractivity contribution in [3.8, 4) is 0 Å². The van der Waals surface area contributed by atoms with Crippen LogP contribution in [-0.4, -0.2) is 72.4 Å². The van der Waals surface area contributed by atoms with E-state index in [1.807, 2.05) is 6.20 Å². The molecule has 3 N–H and O–H groups in total. The maximum Gasteiger partial charge on any atom is 0.224 e. The van der Waals surface area contributed by atoms with Crippen LogP contribution in [0.15, 0.2) is 12.3 Å². The predicted molar refractivity (Wildman–Crippen MR) is 117 cm³/mol. The maximum atomic E-state index is 6.03. The molecule has 7 heteroatoms. The number of nitrogens with two attached hydrogens (primary N) is 1. The number of hydrogen-bond acceptors (Lipinski definition) is 7. The molecule has 0 bridgehead atoms. The molecule has 1 aromatic rings. The predicted octanol–water partition coefficient (Wildman–Crippen LogP) is 2.63. The molecule has 0 spiro atoms. The van der Waals surface area contributed by atoms with Gasteiger partial charge in [0.15, 0.2) is 0 Å². The van der Waals surface area contributed by atoms with Gasteiger partial charge in [-0.25, -0.2) is 4.98 Å². The van der Waals surface area contributed by atoms with Gasteiger partial charge in [-0.2, -0.15) is 4.98 Å². The molecular formula is C22H38N6O. The number of rotatable bonds is 6. The second-order valence-corrected chi connectivity index (χ2v) is 8.76. The monoisotopic (exact) mass is 402 g/mol. The van der Waals surface area contributed by atoms with E-state index in [9.17, 15) is 0 Å². The van der Waals surface area contributed by atoms with Crippen LogP contribution in [0, 0.1) is 0 Å². The van der Waals surface area contributed by atoms with E-state index in [0.29, 0.717) is 18.1 Å². The summed E-state index contributed by atoms with van der Waals surface area (Å²) in [5, 5.41) is 3.70. The summed E-state index contributed by atoms with van der Waals surface area (Å²) in [6.45, 7) is 5.87. The number of likely N-dealkylation sites (tertiary alicyclic amines) is 1. The van der Waals surface area contributed by atoms with E-state index in [2.05, 4.69) is 26.2 Å². The Morgan fingerprint density at radius 2 is 1.83 bits per heavy atom. The van der Waals surface area contributed by atoms with Crippen LogP contribution < -0.4 is 16.0 Å². The van der Waals surface area contributed by atoms with E-state index in [4.69, 9.17) is 15.5 Å². The average Bonchev–Trinajstić information content (AvgIpc) is 3.06. The van der Waals surface area contributed by atoms with Crippen molar-refractivity contribution in [3.05, 3.63) is 12.3 Å². The van der Waals surface area contributed by atoms with E-state index in [1.54, 1.807) is 0 Å². The van der Waals surface area contributed by atoms with Gasteiger partial charge >= 0.3 is 0 Å². The van der Waals surface area contributed by atoms with Gasteiger partial charge in [0.1, 0.15) is 5.82 Å². The number of nitrogens with one attached hydrogen (secondary N) is 1. The minimum absolute atomic E-state index is 0.356. The van der Waals surface area contributed by atoms with Crippen molar-refractivity contribution < 1.29 is 4.74 Å². The fourth-order valence-electron chi connectivity index (χ4n) is 5.32. The molecule has 2 atom stereocenters. The third-order valence-electron chi connectivity index (χ3n) is 6.83. The number of nitrogens with zero attached hydrogens (tertiary/aromatic N) is 4. The molecule has 0 saturated carbocycles. The number of ether oxygens (including phenoxy) is 1. The summed E-state index contributed by atoms with van der Waals surface area (Å²) < 4.78 is 5.60. The highest BCUT2D eigenvalue weighted by atomic mass is 16.5. The number of aromatic nitrogens is 2.